The highest BCUT2D eigenvalue weighted by atomic mass is 32.1. The van der Waals surface area contributed by atoms with Crippen LogP contribution in [0.3, 0.4) is 0 Å². The first-order valence-corrected chi connectivity index (χ1v) is 7.37. The maximum absolute atomic E-state index is 12.5. The van der Waals surface area contributed by atoms with Crippen molar-refractivity contribution in [2.24, 2.45) is 0 Å². The molecule has 0 atom stereocenters. The van der Waals surface area contributed by atoms with Gasteiger partial charge in [0.2, 0.25) is 0 Å². The van der Waals surface area contributed by atoms with E-state index in [2.05, 4.69) is 25.3 Å². The second kappa shape index (κ2) is 6.76. The summed E-state index contributed by atoms with van der Waals surface area (Å²) < 4.78 is 75.2. The molecule has 0 radical (unpaired) electrons. The fourth-order valence-electron chi connectivity index (χ4n) is 1.91. The zero-order valence-electron chi connectivity index (χ0n) is 11.8. The van der Waals surface area contributed by atoms with Crippen LogP contribution < -0.4 is 0 Å². The predicted molar refractivity (Wildman–Crippen MR) is 87.7 cm³/mol. The molecule has 0 aliphatic heterocycles. The van der Waals surface area contributed by atoms with E-state index in [4.69, 9.17) is 0 Å². The van der Waals surface area contributed by atoms with Crippen LogP contribution in [0.2, 0.25) is 0 Å². The van der Waals surface area contributed by atoms with Gasteiger partial charge in [-0.3, -0.25) is 0 Å². The van der Waals surface area contributed by atoms with Crippen LogP contribution in [0.15, 0.2) is 48.5 Å². The molecule has 0 aliphatic rings. The minimum Gasteiger partial charge on any atom is -0.166 e. The Morgan fingerprint density at radius 2 is 0.792 bits per heavy atom. The summed E-state index contributed by atoms with van der Waals surface area (Å²) in [4.78, 5) is 0.513. The van der Waals surface area contributed by atoms with Crippen molar-refractivity contribution in [3.63, 3.8) is 0 Å². The first-order valence-electron chi connectivity index (χ1n) is 6.47. The second-order valence-electron chi connectivity index (χ2n) is 4.85. The number of hydrogen-bond acceptors (Lipinski definition) is 2. The van der Waals surface area contributed by atoms with Crippen molar-refractivity contribution >= 4 is 35.1 Å². The molecule has 0 saturated heterocycles. The summed E-state index contributed by atoms with van der Waals surface area (Å²) in [6, 6.07) is 8.52. The number of rotatable bonds is 2. The molecule has 0 unspecified atom stereocenters. The maximum atomic E-state index is 12.5. The number of benzene rings is 2. The molecular weight excluding hydrogens is 370 g/mol. The second-order valence-corrected chi connectivity index (χ2v) is 5.74. The van der Waals surface area contributed by atoms with Gasteiger partial charge < -0.3 is 0 Å². The molecule has 0 amide bonds. The molecule has 0 aliphatic carbocycles. The van der Waals surface area contributed by atoms with Crippen LogP contribution in [0.5, 0.6) is 0 Å². The normalized spacial score (nSPS) is 13.7. The Morgan fingerprint density at radius 1 is 0.542 bits per heavy atom. The Labute approximate surface area is 145 Å². The Bertz CT molecular complexity index is 675. The fraction of sp³-hybridized carbons (Fsp3) is 0.125. The van der Waals surface area contributed by atoms with E-state index in [1.165, 1.54) is 24.3 Å². The standard InChI is InChI=1S/C16H10F6S2/c17-15(18,19)11-5-1-9(2-6-11)13(23)14(24)10-3-7-12(8-4-10)16(20,21)22/h1-8,23-24H/b14-13-. The van der Waals surface area contributed by atoms with Crippen molar-refractivity contribution in [1.29, 1.82) is 0 Å². The van der Waals surface area contributed by atoms with Crippen molar-refractivity contribution in [2.45, 2.75) is 12.4 Å². The van der Waals surface area contributed by atoms with E-state index < -0.39 is 23.5 Å². The molecule has 8 heteroatoms. The molecule has 0 nitrogen and oxygen atoms in total. The summed E-state index contributed by atoms with van der Waals surface area (Å²) in [6.45, 7) is 0. The maximum Gasteiger partial charge on any atom is 0.416 e. The Kier molecular flexibility index (Phi) is 5.29. The monoisotopic (exact) mass is 380 g/mol. The lowest BCUT2D eigenvalue weighted by atomic mass is 10.1. The molecule has 2 rings (SSSR count). The van der Waals surface area contributed by atoms with Crippen LogP contribution in [-0.4, -0.2) is 0 Å². The highest BCUT2D eigenvalue weighted by molar-refractivity contribution is 7.96. The van der Waals surface area contributed by atoms with Gasteiger partial charge in [-0.2, -0.15) is 26.3 Å². The van der Waals surface area contributed by atoms with E-state index in [0.29, 0.717) is 11.1 Å². The van der Waals surface area contributed by atoms with Gasteiger partial charge in [-0.05, 0) is 35.4 Å². The van der Waals surface area contributed by atoms with E-state index in [1.807, 2.05) is 0 Å². The summed E-state index contributed by atoms with van der Waals surface area (Å²) in [5, 5.41) is 0. The van der Waals surface area contributed by atoms with Crippen LogP contribution in [0.25, 0.3) is 9.81 Å². The summed E-state index contributed by atoms with van der Waals surface area (Å²) >= 11 is 8.43. The van der Waals surface area contributed by atoms with Gasteiger partial charge in [-0.1, -0.05) is 24.3 Å². The minimum atomic E-state index is -4.45. The third-order valence-corrected chi connectivity index (χ3v) is 4.34. The Balaban J connectivity index is 2.33. The molecule has 2 aromatic carbocycles. The lowest BCUT2D eigenvalue weighted by molar-refractivity contribution is -0.138. The SMILES string of the molecule is FC(F)(F)c1ccc(/C(S)=C(/S)c2ccc(C(F)(F)F)cc2)cc1. The van der Waals surface area contributed by atoms with Crippen molar-refractivity contribution in [3.8, 4) is 0 Å². The van der Waals surface area contributed by atoms with E-state index in [-0.39, 0.29) is 9.81 Å². The van der Waals surface area contributed by atoms with Crippen molar-refractivity contribution < 1.29 is 26.3 Å². The zero-order chi connectivity index (χ0) is 18.1. The predicted octanol–water partition coefficient (Wildman–Crippen LogP) is 6.41. The van der Waals surface area contributed by atoms with Crippen LogP contribution in [0.4, 0.5) is 26.3 Å². The average molecular weight is 380 g/mol. The third-order valence-electron chi connectivity index (χ3n) is 3.20. The highest BCUT2D eigenvalue weighted by Crippen LogP contribution is 2.36. The van der Waals surface area contributed by atoms with Gasteiger partial charge in [0, 0.05) is 9.81 Å². The average Bonchev–Trinajstić information content (AvgIpc) is 2.52. The zero-order valence-corrected chi connectivity index (χ0v) is 13.6. The van der Waals surface area contributed by atoms with Crippen LogP contribution in [0, 0.1) is 0 Å². The topological polar surface area (TPSA) is 0 Å². The van der Waals surface area contributed by atoms with Gasteiger partial charge in [0.15, 0.2) is 0 Å². The lowest BCUT2D eigenvalue weighted by Crippen LogP contribution is -2.04. The van der Waals surface area contributed by atoms with Crippen LogP contribution in [0.1, 0.15) is 22.3 Å². The van der Waals surface area contributed by atoms with Crippen molar-refractivity contribution in [1.82, 2.24) is 0 Å². The smallest absolute Gasteiger partial charge is 0.166 e. The first-order chi connectivity index (χ1) is 11.0. The Morgan fingerprint density at radius 3 is 1.00 bits per heavy atom. The highest BCUT2D eigenvalue weighted by Gasteiger charge is 2.31. The van der Waals surface area contributed by atoms with Crippen LogP contribution in [-0.2, 0) is 12.4 Å². The molecule has 0 bridgehead atoms. The molecule has 2 aromatic rings. The van der Waals surface area contributed by atoms with Crippen molar-refractivity contribution in [3.05, 3.63) is 70.8 Å². The molecule has 0 spiro atoms. The number of alkyl halides is 6. The molecular formula is C16H10F6S2. The molecule has 0 N–H and O–H groups in total. The van der Waals surface area contributed by atoms with Gasteiger partial charge in [-0.15, -0.1) is 25.3 Å². The first kappa shape index (κ1) is 18.8. The summed E-state index contributed by atoms with van der Waals surface area (Å²) in [5.74, 6) is 0. The van der Waals surface area contributed by atoms with Gasteiger partial charge in [-0.25, -0.2) is 0 Å². The number of hydrogen-bond donors (Lipinski definition) is 2. The van der Waals surface area contributed by atoms with E-state index in [9.17, 15) is 26.3 Å². The third kappa shape index (κ3) is 4.30. The lowest BCUT2D eigenvalue weighted by Gasteiger charge is -2.11. The number of thiol groups is 2. The molecule has 0 saturated carbocycles. The van der Waals surface area contributed by atoms with E-state index in [1.54, 1.807) is 0 Å². The van der Waals surface area contributed by atoms with Crippen LogP contribution >= 0.6 is 25.3 Å². The molecule has 0 fully saturated rings. The summed E-state index contributed by atoms with van der Waals surface area (Å²) in [6.07, 6.45) is -8.90. The van der Waals surface area contributed by atoms with E-state index >= 15 is 0 Å². The van der Waals surface area contributed by atoms with Gasteiger partial charge in [0.05, 0.1) is 11.1 Å². The van der Waals surface area contributed by atoms with E-state index in [0.717, 1.165) is 24.3 Å². The molecule has 0 aromatic heterocycles. The molecule has 24 heavy (non-hydrogen) atoms. The minimum absolute atomic E-state index is 0.256. The van der Waals surface area contributed by atoms with Crippen molar-refractivity contribution in [2.75, 3.05) is 0 Å². The Hall–Kier alpha value is -1.54. The summed E-state index contributed by atoms with van der Waals surface area (Å²) in [5.41, 5.74) is -0.863. The largest absolute Gasteiger partial charge is 0.416 e. The summed E-state index contributed by atoms with van der Waals surface area (Å²) in [7, 11) is 0. The molecule has 0 heterocycles. The van der Waals surface area contributed by atoms with Gasteiger partial charge in [0.25, 0.3) is 0 Å². The quantitative estimate of drug-likeness (QED) is 0.336. The number of halogens is 6. The molecule has 128 valence electrons. The van der Waals surface area contributed by atoms with Gasteiger partial charge in [0.1, 0.15) is 0 Å². The van der Waals surface area contributed by atoms with Gasteiger partial charge >= 0.3 is 12.4 Å². The fourth-order valence-corrected chi connectivity index (χ4v) is 2.46.